The number of hydrogen-bond donors (Lipinski definition) is 2. The molecule has 0 amide bonds. The molecule has 10 nitrogen and oxygen atoms in total. The van der Waals surface area contributed by atoms with Crippen molar-refractivity contribution >= 4 is 34.0 Å². The number of rotatable bonds is 8. The molecule has 0 unspecified atom stereocenters. The molecule has 1 aromatic carbocycles. The van der Waals surface area contributed by atoms with Crippen LogP contribution in [0.5, 0.6) is 5.75 Å². The van der Waals surface area contributed by atoms with Gasteiger partial charge in [0.2, 0.25) is 5.95 Å². The lowest BCUT2D eigenvalue weighted by molar-refractivity contribution is 0.413. The molecule has 182 valence electrons. The van der Waals surface area contributed by atoms with E-state index in [0.29, 0.717) is 40.0 Å². The largest absolute Gasteiger partial charge is 0.494 e. The Kier molecular flexibility index (Phi) is 6.83. The van der Waals surface area contributed by atoms with Gasteiger partial charge in [-0.15, -0.1) is 0 Å². The molecule has 0 radical (unpaired) electrons. The fourth-order valence-corrected chi connectivity index (χ4v) is 3.79. The average Bonchev–Trinajstić information content (AvgIpc) is 2.85. The number of nitrogens with two attached hydrogens (primary N) is 1. The van der Waals surface area contributed by atoms with Gasteiger partial charge in [-0.1, -0.05) is 6.07 Å². The lowest BCUT2D eigenvalue weighted by Gasteiger charge is -2.24. The van der Waals surface area contributed by atoms with E-state index in [2.05, 4.69) is 30.1 Å². The minimum Gasteiger partial charge on any atom is -0.494 e. The van der Waals surface area contributed by atoms with Crippen molar-refractivity contribution in [1.29, 1.82) is 0 Å². The van der Waals surface area contributed by atoms with Crippen LogP contribution in [0.2, 0.25) is 0 Å². The Morgan fingerprint density at radius 2 is 1.91 bits per heavy atom. The third kappa shape index (κ3) is 5.02. The molecule has 0 fully saturated rings. The van der Waals surface area contributed by atoms with Crippen molar-refractivity contribution in [2.45, 2.75) is 0 Å². The highest BCUT2D eigenvalue weighted by Gasteiger charge is 2.15. The number of aryl methyl sites for hydroxylation is 1. The molecule has 0 saturated heterocycles. The molecule has 3 N–H and O–H groups in total. The summed E-state index contributed by atoms with van der Waals surface area (Å²) in [7, 11) is 9.34. The van der Waals surface area contributed by atoms with E-state index in [1.807, 2.05) is 39.3 Å². The lowest BCUT2D eigenvalue weighted by Crippen LogP contribution is -2.29. The van der Waals surface area contributed by atoms with E-state index in [1.54, 1.807) is 44.8 Å². The average molecular weight is 475 g/mol. The fraction of sp³-hybridized carbons (Fsp3) is 0.280. The SMILES string of the molecule is COc1cc(N(C)CCN(C)C)c(N)cc1Nc1ncc2cc(-c3ccccn3)c(=O)n(C)c2n1. The summed E-state index contributed by atoms with van der Waals surface area (Å²) >= 11 is 0. The Balaban J connectivity index is 1.67. The molecular formula is C25H30N8O2. The Bertz CT molecular complexity index is 1400. The van der Waals surface area contributed by atoms with E-state index >= 15 is 0 Å². The Labute approximate surface area is 204 Å². The van der Waals surface area contributed by atoms with Gasteiger partial charge < -0.3 is 25.6 Å². The zero-order valence-electron chi connectivity index (χ0n) is 20.6. The summed E-state index contributed by atoms with van der Waals surface area (Å²) in [4.78, 5) is 30.5. The van der Waals surface area contributed by atoms with Crippen LogP contribution in [0.1, 0.15) is 0 Å². The molecule has 0 saturated carbocycles. The van der Waals surface area contributed by atoms with Crippen molar-refractivity contribution in [2.75, 3.05) is 57.3 Å². The molecule has 0 spiro atoms. The predicted molar refractivity (Wildman–Crippen MR) is 141 cm³/mol. The van der Waals surface area contributed by atoms with Crippen molar-refractivity contribution < 1.29 is 4.74 Å². The highest BCUT2D eigenvalue weighted by molar-refractivity contribution is 5.82. The van der Waals surface area contributed by atoms with E-state index in [1.165, 1.54) is 4.57 Å². The second-order valence-corrected chi connectivity index (χ2v) is 8.57. The first-order chi connectivity index (χ1) is 16.8. The number of aromatic nitrogens is 4. The summed E-state index contributed by atoms with van der Waals surface area (Å²) in [6, 6.07) is 10.9. The number of nitrogens with one attached hydrogen (secondary N) is 1. The van der Waals surface area contributed by atoms with Crippen LogP contribution >= 0.6 is 0 Å². The van der Waals surface area contributed by atoms with E-state index < -0.39 is 0 Å². The Morgan fingerprint density at radius 1 is 1.11 bits per heavy atom. The van der Waals surface area contributed by atoms with Crippen LogP contribution in [-0.4, -0.2) is 65.8 Å². The molecule has 0 atom stereocenters. The molecule has 10 heteroatoms. The summed E-state index contributed by atoms with van der Waals surface area (Å²) in [5.74, 6) is 0.929. The number of nitrogen functional groups attached to an aromatic ring is 1. The molecule has 4 rings (SSSR count). The third-order valence-corrected chi connectivity index (χ3v) is 5.78. The molecule has 3 aromatic heterocycles. The summed E-state index contributed by atoms with van der Waals surface area (Å²) in [5, 5.41) is 3.91. The third-order valence-electron chi connectivity index (χ3n) is 5.78. The topological polar surface area (TPSA) is 114 Å². The van der Waals surface area contributed by atoms with Crippen molar-refractivity contribution in [3.8, 4) is 17.0 Å². The fourth-order valence-electron chi connectivity index (χ4n) is 3.79. The van der Waals surface area contributed by atoms with Crippen LogP contribution in [0, 0.1) is 0 Å². The number of benzene rings is 1. The maximum atomic E-state index is 13.0. The van der Waals surface area contributed by atoms with Gasteiger partial charge in [-0.3, -0.25) is 14.3 Å². The molecule has 0 aliphatic heterocycles. The first-order valence-electron chi connectivity index (χ1n) is 11.2. The van der Waals surface area contributed by atoms with Gasteiger partial charge in [0.05, 0.1) is 35.4 Å². The minimum atomic E-state index is -0.187. The van der Waals surface area contributed by atoms with Crippen LogP contribution in [-0.2, 0) is 7.05 Å². The van der Waals surface area contributed by atoms with Crippen LogP contribution < -0.4 is 26.2 Å². The number of hydrogen-bond acceptors (Lipinski definition) is 9. The second-order valence-electron chi connectivity index (χ2n) is 8.57. The number of anilines is 4. The van der Waals surface area contributed by atoms with Gasteiger partial charge in [0.25, 0.3) is 5.56 Å². The molecule has 4 aromatic rings. The van der Waals surface area contributed by atoms with Gasteiger partial charge in [-0.2, -0.15) is 4.98 Å². The predicted octanol–water partition coefficient (Wildman–Crippen LogP) is 2.72. The van der Waals surface area contributed by atoms with Gasteiger partial charge in [0, 0.05) is 51.0 Å². The highest BCUT2D eigenvalue weighted by atomic mass is 16.5. The highest BCUT2D eigenvalue weighted by Crippen LogP contribution is 2.36. The molecular weight excluding hydrogens is 444 g/mol. The van der Waals surface area contributed by atoms with E-state index in [9.17, 15) is 4.79 Å². The molecule has 0 aliphatic carbocycles. The Hall–Kier alpha value is -4.18. The molecule has 0 aliphatic rings. The van der Waals surface area contributed by atoms with Crippen molar-refractivity contribution in [2.24, 2.45) is 7.05 Å². The monoisotopic (exact) mass is 474 g/mol. The summed E-state index contributed by atoms with van der Waals surface area (Å²) in [6.07, 6.45) is 3.34. The number of nitrogens with zero attached hydrogens (tertiary/aromatic N) is 6. The molecule has 35 heavy (non-hydrogen) atoms. The van der Waals surface area contributed by atoms with Crippen LogP contribution in [0.3, 0.4) is 0 Å². The zero-order valence-corrected chi connectivity index (χ0v) is 20.6. The van der Waals surface area contributed by atoms with E-state index in [-0.39, 0.29) is 5.56 Å². The number of ether oxygens (including phenoxy) is 1. The standard InChI is InChI=1S/C25H30N8O2/c1-31(2)10-11-32(3)21-14-22(35-5)20(13-18(21)26)29-25-28-15-16-12-17(19-8-6-7-9-27-19)24(34)33(4)23(16)30-25/h6-9,12-15H,10-11,26H2,1-5H3,(H,28,29,30). The van der Waals surface area contributed by atoms with Crippen molar-refractivity contribution in [1.82, 2.24) is 24.4 Å². The number of methoxy groups -OCH3 is 1. The van der Waals surface area contributed by atoms with Gasteiger partial charge in [0.15, 0.2) is 0 Å². The summed E-state index contributed by atoms with van der Waals surface area (Å²) in [5.41, 5.74) is 9.88. The quantitative estimate of drug-likeness (QED) is 0.372. The van der Waals surface area contributed by atoms with Crippen molar-refractivity contribution in [3.05, 3.63) is 59.1 Å². The number of likely N-dealkylation sites (N-methyl/N-ethyl adjacent to an activating group) is 2. The maximum Gasteiger partial charge on any atom is 0.261 e. The summed E-state index contributed by atoms with van der Waals surface area (Å²) < 4.78 is 7.11. The van der Waals surface area contributed by atoms with Gasteiger partial charge in [-0.05, 0) is 38.4 Å². The van der Waals surface area contributed by atoms with Gasteiger partial charge in [-0.25, -0.2) is 4.98 Å². The smallest absolute Gasteiger partial charge is 0.261 e. The molecule has 0 bridgehead atoms. The van der Waals surface area contributed by atoms with Crippen LogP contribution in [0.25, 0.3) is 22.3 Å². The van der Waals surface area contributed by atoms with Gasteiger partial charge >= 0.3 is 0 Å². The first kappa shape index (κ1) is 24.0. The van der Waals surface area contributed by atoms with Gasteiger partial charge in [0.1, 0.15) is 11.4 Å². The first-order valence-corrected chi connectivity index (χ1v) is 11.2. The van der Waals surface area contributed by atoms with E-state index in [4.69, 9.17) is 10.5 Å². The second kappa shape index (κ2) is 9.98. The van der Waals surface area contributed by atoms with E-state index in [0.717, 1.165) is 24.2 Å². The normalized spacial score (nSPS) is 11.1. The lowest BCUT2D eigenvalue weighted by atomic mass is 10.1. The maximum absolute atomic E-state index is 13.0. The zero-order chi connectivity index (χ0) is 25.1. The summed E-state index contributed by atoms with van der Waals surface area (Å²) in [6.45, 7) is 1.71. The van der Waals surface area contributed by atoms with Crippen LogP contribution in [0.4, 0.5) is 23.0 Å². The minimum absolute atomic E-state index is 0.187. The molecule has 3 heterocycles. The number of pyridine rings is 2. The van der Waals surface area contributed by atoms with Crippen LogP contribution in [0.15, 0.2) is 53.6 Å². The Morgan fingerprint density at radius 3 is 2.60 bits per heavy atom. The van der Waals surface area contributed by atoms with Crippen molar-refractivity contribution in [3.63, 3.8) is 0 Å². The number of fused-ring (bicyclic) bond motifs is 1.